The Morgan fingerprint density at radius 1 is 0.967 bits per heavy atom. The fourth-order valence-electron chi connectivity index (χ4n) is 5.31. The van der Waals surface area contributed by atoms with Gasteiger partial charge in [-0.15, -0.1) is 11.3 Å². The third-order valence-electron chi connectivity index (χ3n) is 6.80. The van der Waals surface area contributed by atoms with Gasteiger partial charge in [0.2, 0.25) is 0 Å². The highest BCUT2D eigenvalue weighted by Crippen LogP contribution is 2.53. The van der Waals surface area contributed by atoms with Crippen LogP contribution in [0, 0.1) is 0 Å². The van der Waals surface area contributed by atoms with Crippen LogP contribution in [0.2, 0.25) is 0 Å². The lowest BCUT2D eigenvalue weighted by atomic mass is 9.78. The van der Waals surface area contributed by atoms with Crippen molar-refractivity contribution >= 4 is 33.0 Å². The number of ether oxygens (including phenoxy) is 1. The number of benzene rings is 2. The normalized spacial score (nSPS) is 27.4. The highest BCUT2D eigenvalue weighted by atomic mass is 79.9. The van der Waals surface area contributed by atoms with E-state index in [0.29, 0.717) is 5.92 Å². The van der Waals surface area contributed by atoms with Crippen molar-refractivity contribution in [3.05, 3.63) is 86.5 Å². The first-order valence-corrected chi connectivity index (χ1v) is 12.3. The highest BCUT2D eigenvalue weighted by Gasteiger charge is 2.52. The first-order valence-electron chi connectivity index (χ1n) is 10.7. The first-order chi connectivity index (χ1) is 14.7. The Kier molecular flexibility index (Phi) is 4.50. The molecule has 30 heavy (non-hydrogen) atoms. The molecular weight excluding hydrogens is 456 g/mol. The van der Waals surface area contributed by atoms with Gasteiger partial charge in [-0.2, -0.15) is 5.10 Å². The van der Waals surface area contributed by atoms with Gasteiger partial charge in [-0.05, 0) is 58.5 Å². The molecule has 0 radical (unpaired) electrons. The minimum absolute atomic E-state index is 0.263. The van der Waals surface area contributed by atoms with Gasteiger partial charge in [0.15, 0.2) is 5.72 Å². The number of hydrogen-bond acceptors (Lipinski definition) is 4. The van der Waals surface area contributed by atoms with Crippen LogP contribution >= 0.6 is 27.3 Å². The Morgan fingerprint density at radius 3 is 2.50 bits per heavy atom. The molecule has 0 amide bonds. The topological polar surface area (TPSA) is 24.8 Å². The third kappa shape index (κ3) is 3.02. The van der Waals surface area contributed by atoms with Crippen LogP contribution in [-0.2, 0) is 0 Å². The van der Waals surface area contributed by atoms with Crippen molar-refractivity contribution in [2.24, 2.45) is 5.10 Å². The van der Waals surface area contributed by atoms with Crippen LogP contribution in [0.25, 0.3) is 0 Å². The van der Waals surface area contributed by atoms with E-state index in [0.717, 1.165) is 41.6 Å². The molecule has 3 aromatic rings. The zero-order valence-corrected chi connectivity index (χ0v) is 19.0. The van der Waals surface area contributed by atoms with E-state index in [-0.39, 0.29) is 11.8 Å². The molecule has 1 spiro atoms. The van der Waals surface area contributed by atoms with Crippen LogP contribution in [0.3, 0.4) is 0 Å². The summed E-state index contributed by atoms with van der Waals surface area (Å²) >= 11 is 5.37. The van der Waals surface area contributed by atoms with Gasteiger partial charge >= 0.3 is 0 Å². The zero-order valence-electron chi connectivity index (χ0n) is 16.6. The molecule has 1 saturated carbocycles. The molecule has 0 bridgehead atoms. The fourth-order valence-corrected chi connectivity index (χ4v) is 6.68. The largest absolute Gasteiger partial charge is 0.466 e. The smallest absolute Gasteiger partial charge is 0.198 e. The van der Waals surface area contributed by atoms with Gasteiger partial charge < -0.3 is 4.74 Å². The lowest BCUT2D eigenvalue weighted by Gasteiger charge is -2.50. The monoisotopic (exact) mass is 478 g/mol. The number of rotatable bonds is 2. The number of fused-ring (bicyclic) bond motifs is 4. The van der Waals surface area contributed by atoms with Crippen molar-refractivity contribution in [3.8, 4) is 5.75 Å². The molecule has 0 N–H and O–H groups in total. The van der Waals surface area contributed by atoms with Crippen molar-refractivity contribution in [1.29, 1.82) is 0 Å². The summed E-state index contributed by atoms with van der Waals surface area (Å²) in [5, 5.41) is 7.50. The Bertz CT molecular complexity index is 1100. The Balaban J connectivity index is 1.35. The lowest BCUT2D eigenvalue weighted by Crippen LogP contribution is -2.55. The molecule has 3 nitrogen and oxygen atoms in total. The second-order valence-corrected chi connectivity index (χ2v) is 10.9. The summed E-state index contributed by atoms with van der Waals surface area (Å²) in [7, 11) is 0. The summed E-state index contributed by atoms with van der Waals surface area (Å²) in [6.45, 7) is 0. The van der Waals surface area contributed by atoms with Crippen LogP contribution in [0.4, 0.5) is 0 Å². The van der Waals surface area contributed by atoms with E-state index in [2.05, 4.69) is 87.7 Å². The molecule has 1 unspecified atom stereocenters. The molecule has 0 saturated heterocycles. The van der Waals surface area contributed by atoms with Crippen LogP contribution in [-0.4, -0.2) is 16.4 Å². The van der Waals surface area contributed by atoms with Gasteiger partial charge in [0.05, 0.1) is 20.4 Å². The van der Waals surface area contributed by atoms with E-state index in [1.165, 1.54) is 21.7 Å². The molecule has 152 valence electrons. The Labute approximate surface area is 189 Å². The van der Waals surface area contributed by atoms with Gasteiger partial charge in [0, 0.05) is 24.8 Å². The molecule has 1 fully saturated rings. The average Bonchev–Trinajstić information content (AvgIpc) is 3.42. The predicted octanol–water partition coefficient (Wildman–Crippen LogP) is 7.11. The molecule has 2 aliphatic heterocycles. The van der Waals surface area contributed by atoms with Gasteiger partial charge in [-0.1, -0.05) is 48.5 Å². The van der Waals surface area contributed by atoms with Crippen LogP contribution in [0.1, 0.15) is 60.1 Å². The van der Waals surface area contributed by atoms with Crippen LogP contribution in [0.15, 0.2) is 75.6 Å². The van der Waals surface area contributed by atoms with E-state index in [9.17, 15) is 0 Å². The fraction of sp³-hybridized carbons (Fsp3) is 0.320. The number of halogens is 1. The summed E-state index contributed by atoms with van der Waals surface area (Å²) < 4.78 is 7.91. The summed E-state index contributed by atoms with van der Waals surface area (Å²) in [5.74, 6) is 1.65. The number of nitrogens with zero attached hydrogens (tertiary/aromatic N) is 2. The molecule has 5 heteroatoms. The SMILES string of the molecule is Brc1ccc(C2=NN3C(C2)c2ccccc2OC32CCC(c3ccccc3)CC2)s1. The van der Waals surface area contributed by atoms with Gasteiger partial charge in [-0.25, -0.2) is 5.01 Å². The van der Waals surface area contributed by atoms with Crippen molar-refractivity contribution < 1.29 is 4.74 Å². The summed E-state index contributed by atoms with van der Waals surface area (Å²) in [6.07, 6.45) is 5.21. The minimum Gasteiger partial charge on any atom is -0.466 e. The van der Waals surface area contributed by atoms with Gasteiger partial charge in [-0.3, -0.25) is 0 Å². The second kappa shape index (κ2) is 7.24. The minimum atomic E-state index is -0.333. The Hall–Kier alpha value is -2.11. The van der Waals surface area contributed by atoms with E-state index in [4.69, 9.17) is 9.84 Å². The summed E-state index contributed by atoms with van der Waals surface area (Å²) in [5.41, 5.74) is 3.57. The predicted molar refractivity (Wildman–Crippen MR) is 125 cm³/mol. The van der Waals surface area contributed by atoms with Crippen molar-refractivity contribution in [3.63, 3.8) is 0 Å². The summed E-state index contributed by atoms with van der Waals surface area (Å²) in [6, 6.07) is 24.0. The van der Waals surface area contributed by atoms with E-state index >= 15 is 0 Å². The maximum Gasteiger partial charge on any atom is 0.198 e. The van der Waals surface area contributed by atoms with E-state index in [1.807, 2.05) is 0 Å². The van der Waals surface area contributed by atoms with Crippen LogP contribution in [0.5, 0.6) is 5.75 Å². The molecule has 1 aromatic heterocycles. The Morgan fingerprint density at radius 2 is 1.73 bits per heavy atom. The quantitative estimate of drug-likeness (QED) is 0.391. The number of hydrazone groups is 1. The molecule has 2 aromatic carbocycles. The number of para-hydroxylation sites is 1. The maximum atomic E-state index is 6.76. The zero-order chi connectivity index (χ0) is 20.1. The lowest BCUT2D eigenvalue weighted by molar-refractivity contribution is -0.142. The number of hydrogen-bond donors (Lipinski definition) is 0. The molecule has 6 rings (SSSR count). The van der Waals surface area contributed by atoms with Crippen molar-refractivity contribution in [1.82, 2.24) is 5.01 Å². The third-order valence-corrected chi connectivity index (χ3v) is 8.47. The molecule has 1 aliphatic carbocycles. The first kappa shape index (κ1) is 18.6. The van der Waals surface area contributed by atoms with E-state index < -0.39 is 0 Å². The van der Waals surface area contributed by atoms with Gasteiger partial charge in [0.1, 0.15) is 5.75 Å². The summed E-state index contributed by atoms with van der Waals surface area (Å²) in [4.78, 5) is 1.25. The highest BCUT2D eigenvalue weighted by molar-refractivity contribution is 9.11. The molecule has 3 heterocycles. The maximum absolute atomic E-state index is 6.76. The van der Waals surface area contributed by atoms with E-state index in [1.54, 1.807) is 11.3 Å². The number of thiophene rings is 1. The van der Waals surface area contributed by atoms with Gasteiger partial charge in [0.25, 0.3) is 0 Å². The standard InChI is InChI=1S/C25H23BrN2OS/c26-24-11-10-23(30-24)20-16-21-19-8-4-5-9-22(19)29-25(28(21)27-20)14-12-18(13-15-25)17-6-2-1-3-7-17/h1-11,18,21H,12-16H2. The van der Waals surface area contributed by atoms with Crippen molar-refractivity contribution in [2.75, 3.05) is 0 Å². The van der Waals surface area contributed by atoms with Crippen LogP contribution < -0.4 is 4.74 Å². The molecule has 1 atom stereocenters. The molecular formula is C25H23BrN2OS. The second-order valence-electron chi connectivity index (χ2n) is 8.49. The van der Waals surface area contributed by atoms with Crippen molar-refractivity contribution in [2.45, 2.75) is 49.8 Å². The average molecular weight is 479 g/mol. The molecule has 3 aliphatic rings.